The number of ether oxygens (including phenoxy) is 2. The molecule has 0 radical (unpaired) electrons. The van der Waals surface area contributed by atoms with Crippen molar-refractivity contribution >= 4 is 5.91 Å². The topological polar surface area (TPSA) is 120 Å². The van der Waals surface area contributed by atoms with Crippen molar-refractivity contribution < 1.29 is 29.6 Å². The Morgan fingerprint density at radius 3 is 2.67 bits per heavy atom. The molecule has 1 aliphatic heterocycles. The number of hydrogen-bond donors (Lipinski definition) is 5. The zero-order valence-electron chi connectivity index (χ0n) is 14.2. The largest absolute Gasteiger partial charge is 0.396 e. The maximum absolute atomic E-state index is 11.7. The zero-order chi connectivity index (χ0) is 17.6. The molecule has 1 amide bonds. The Balaban J connectivity index is 1.48. The lowest BCUT2D eigenvalue weighted by Gasteiger charge is -2.20. The second-order valence-electron chi connectivity index (χ2n) is 6.43. The van der Waals surface area contributed by atoms with E-state index in [0.717, 1.165) is 25.9 Å². The minimum absolute atomic E-state index is 0.0169. The maximum atomic E-state index is 11.7. The lowest BCUT2D eigenvalue weighted by Crippen LogP contribution is -2.32. The Bertz CT molecular complexity index is 410. The summed E-state index contributed by atoms with van der Waals surface area (Å²) in [6.45, 7) is 4.71. The van der Waals surface area contributed by atoms with E-state index >= 15 is 0 Å². The van der Waals surface area contributed by atoms with E-state index in [0.29, 0.717) is 19.4 Å². The number of aliphatic hydroxyl groups is 3. The van der Waals surface area contributed by atoms with Gasteiger partial charge in [0, 0.05) is 18.9 Å². The standard InChI is InChI=1S/C16H30N2O6/c1-2-17-7-3-4-8-18-12(20)6-5-9-23-15-14(21)13-11(10-19)16(13,22)24-15/h11,13-15,17,19,21-22H,2-10H2,1H3,(H,18,20)/t11?,13?,14?,15-,16+/m1/s1. The van der Waals surface area contributed by atoms with Crippen molar-refractivity contribution in [1.82, 2.24) is 10.6 Å². The summed E-state index contributed by atoms with van der Waals surface area (Å²) in [6.07, 6.45) is 1.01. The first-order valence-corrected chi connectivity index (χ1v) is 8.82. The molecule has 0 bridgehead atoms. The van der Waals surface area contributed by atoms with E-state index in [1.54, 1.807) is 0 Å². The van der Waals surface area contributed by atoms with Crippen LogP contribution in [0.1, 0.15) is 32.6 Å². The van der Waals surface area contributed by atoms with Gasteiger partial charge in [-0.3, -0.25) is 4.79 Å². The van der Waals surface area contributed by atoms with Gasteiger partial charge in [0.15, 0.2) is 12.1 Å². The SMILES string of the molecule is CCNCCCCNC(=O)CCCO[C@@H]1O[C@@]2(O)C(CO)C2C1O. The third kappa shape index (κ3) is 4.65. The molecule has 0 aromatic carbocycles. The van der Waals surface area contributed by atoms with E-state index in [-0.39, 0.29) is 19.1 Å². The summed E-state index contributed by atoms with van der Waals surface area (Å²) in [7, 11) is 0. The minimum Gasteiger partial charge on any atom is -0.396 e. The number of rotatable bonds is 12. The van der Waals surface area contributed by atoms with Crippen LogP contribution in [0.3, 0.4) is 0 Å². The van der Waals surface area contributed by atoms with Gasteiger partial charge in [-0.1, -0.05) is 6.92 Å². The molecule has 1 saturated carbocycles. The number of nitrogens with one attached hydrogen (secondary N) is 2. The minimum atomic E-state index is -1.46. The van der Waals surface area contributed by atoms with Crippen LogP contribution in [-0.4, -0.2) is 72.3 Å². The summed E-state index contributed by atoms with van der Waals surface area (Å²) in [6, 6.07) is 0. The van der Waals surface area contributed by atoms with Crippen molar-refractivity contribution in [3.63, 3.8) is 0 Å². The molecule has 1 heterocycles. The third-order valence-corrected chi connectivity index (χ3v) is 4.66. The zero-order valence-corrected chi connectivity index (χ0v) is 14.2. The molecule has 8 heteroatoms. The Hall–Kier alpha value is -0.770. The molecule has 1 saturated heterocycles. The quantitative estimate of drug-likeness (QED) is 0.286. The molecule has 2 aliphatic rings. The van der Waals surface area contributed by atoms with Crippen LogP contribution in [-0.2, 0) is 14.3 Å². The van der Waals surface area contributed by atoms with Gasteiger partial charge in [0.25, 0.3) is 0 Å². The molecule has 2 fully saturated rings. The highest BCUT2D eigenvalue weighted by molar-refractivity contribution is 5.75. The molecular weight excluding hydrogens is 316 g/mol. The summed E-state index contributed by atoms with van der Waals surface area (Å²) in [5.74, 6) is -2.40. The van der Waals surface area contributed by atoms with Gasteiger partial charge in [-0.25, -0.2) is 0 Å². The number of unbranched alkanes of at least 4 members (excludes halogenated alkanes) is 1. The average Bonchev–Trinajstić information content (AvgIpc) is 3.07. The molecule has 1 aliphatic carbocycles. The fourth-order valence-electron chi connectivity index (χ4n) is 3.20. The molecule has 5 N–H and O–H groups in total. The third-order valence-electron chi connectivity index (χ3n) is 4.66. The van der Waals surface area contributed by atoms with Crippen LogP contribution in [0.15, 0.2) is 0 Å². The summed E-state index contributed by atoms with van der Waals surface area (Å²) < 4.78 is 10.7. The molecule has 0 spiro atoms. The Morgan fingerprint density at radius 1 is 1.29 bits per heavy atom. The highest BCUT2D eigenvalue weighted by Gasteiger charge is 2.75. The summed E-state index contributed by atoms with van der Waals surface area (Å²) >= 11 is 0. The number of amides is 1. The highest BCUT2D eigenvalue weighted by Crippen LogP contribution is 2.59. The van der Waals surface area contributed by atoms with Gasteiger partial charge in [-0.2, -0.15) is 0 Å². The normalized spacial score (nSPS) is 34.2. The molecule has 8 nitrogen and oxygen atoms in total. The molecular formula is C16H30N2O6. The van der Waals surface area contributed by atoms with Gasteiger partial charge < -0.3 is 35.4 Å². The lowest BCUT2D eigenvalue weighted by atomic mass is 10.2. The van der Waals surface area contributed by atoms with Crippen molar-refractivity contribution in [1.29, 1.82) is 0 Å². The van der Waals surface area contributed by atoms with Crippen molar-refractivity contribution in [3.8, 4) is 0 Å². The van der Waals surface area contributed by atoms with E-state index < -0.39 is 30.0 Å². The summed E-state index contributed by atoms with van der Waals surface area (Å²) in [5, 5.41) is 35.1. The molecule has 0 aromatic heterocycles. The summed E-state index contributed by atoms with van der Waals surface area (Å²) in [5.41, 5.74) is 0. The van der Waals surface area contributed by atoms with Gasteiger partial charge in [-0.05, 0) is 32.4 Å². The highest BCUT2D eigenvalue weighted by atomic mass is 16.8. The van der Waals surface area contributed by atoms with Crippen LogP contribution >= 0.6 is 0 Å². The predicted octanol–water partition coefficient (Wildman–Crippen LogP) is -1.07. The van der Waals surface area contributed by atoms with Crippen LogP contribution in [0.4, 0.5) is 0 Å². The van der Waals surface area contributed by atoms with Gasteiger partial charge in [0.1, 0.15) is 6.10 Å². The number of carbonyl (C=O) groups is 1. The number of aliphatic hydroxyl groups excluding tert-OH is 2. The smallest absolute Gasteiger partial charge is 0.220 e. The van der Waals surface area contributed by atoms with E-state index in [1.807, 2.05) is 0 Å². The van der Waals surface area contributed by atoms with Crippen LogP contribution in [0.25, 0.3) is 0 Å². The van der Waals surface area contributed by atoms with Crippen LogP contribution < -0.4 is 10.6 Å². The van der Waals surface area contributed by atoms with Gasteiger partial charge >= 0.3 is 0 Å². The molecule has 24 heavy (non-hydrogen) atoms. The van der Waals surface area contributed by atoms with Crippen molar-refractivity contribution in [2.24, 2.45) is 11.8 Å². The van der Waals surface area contributed by atoms with Gasteiger partial charge in [0.2, 0.25) is 5.91 Å². The van der Waals surface area contributed by atoms with Crippen molar-refractivity contribution in [2.45, 2.75) is 50.8 Å². The van der Waals surface area contributed by atoms with Crippen molar-refractivity contribution in [2.75, 3.05) is 32.8 Å². The van der Waals surface area contributed by atoms with Crippen LogP contribution in [0, 0.1) is 11.8 Å². The fraction of sp³-hybridized carbons (Fsp3) is 0.938. The van der Waals surface area contributed by atoms with Crippen LogP contribution in [0.5, 0.6) is 0 Å². The molecule has 5 atom stereocenters. The Labute approximate surface area is 142 Å². The first kappa shape index (κ1) is 19.6. The Kier molecular flexibility index (Phi) is 7.39. The molecule has 2 rings (SSSR count). The maximum Gasteiger partial charge on any atom is 0.220 e. The number of carbonyl (C=O) groups excluding carboxylic acids is 1. The van der Waals surface area contributed by atoms with Gasteiger partial charge in [0.05, 0.1) is 19.1 Å². The first-order valence-electron chi connectivity index (χ1n) is 8.82. The monoisotopic (exact) mass is 346 g/mol. The van der Waals surface area contributed by atoms with E-state index in [4.69, 9.17) is 14.6 Å². The number of hydrogen-bond acceptors (Lipinski definition) is 7. The van der Waals surface area contributed by atoms with Gasteiger partial charge in [-0.15, -0.1) is 0 Å². The number of fused-ring (bicyclic) bond motifs is 1. The van der Waals surface area contributed by atoms with E-state index in [2.05, 4.69) is 17.6 Å². The van der Waals surface area contributed by atoms with Crippen molar-refractivity contribution in [3.05, 3.63) is 0 Å². The fourth-order valence-corrected chi connectivity index (χ4v) is 3.20. The lowest BCUT2D eigenvalue weighted by molar-refractivity contribution is -0.245. The van der Waals surface area contributed by atoms with Crippen LogP contribution in [0.2, 0.25) is 0 Å². The Morgan fingerprint density at radius 2 is 2.04 bits per heavy atom. The predicted molar refractivity (Wildman–Crippen MR) is 85.9 cm³/mol. The second-order valence-corrected chi connectivity index (χ2v) is 6.43. The molecule has 140 valence electrons. The van der Waals surface area contributed by atoms with E-state index in [1.165, 1.54) is 0 Å². The average molecular weight is 346 g/mol. The molecule has 0 aromatic rings. The van der Waals surface area contributed by atoms with E-state index in [9.17, 15) is 15.0 Å². The summed E-state index contributed by atoms with van der Waals surface area (Å²) in [4.78, 5) is 11.7. The molecule has 3 unspecified atom stereocenters. The first-order chi connectivity index (χ1) is 11.5. The second kappa shape index (κ2) is 9.07.